The van der Waals surface area contributed by atoms with Gasteiger partial charge < -0.3 is 14.4 Å². The number of nitrogens with zero attached hydrogens (tertiary/aromatic N) is 3. The third-order valence-corrected chi connectivity index (χ3v) is 7.69. The fourth-order valence-electron chi connectivity index (χ4n) is 4.69. The number of carbonyl (C=O) groups is 3. The van der Waals surface area contributed by atoms with E-state index in [-0.39, 0.29) is 36.7 Å². The smallest absolute Gasteiger partial charge is 0.410 e. The summed E-state index contributed by atoms with van der Waals surface area (Å²) in [5.74, 6) is -0.669. The Morgan fingerprint density at radius 2 is 1.89 bits per heavy atom. The number of carbonyl (C=O) groups excluding carboxylic acids is 3. The van der Waals surface area contributed by atoms with Gasteiger partial charge in [-0.15, -0.1) is 11.8 Å². The van der Waals surface area contributed by atoms with Gasteiger partial charge in [0.05, 0.1) is 11.3 Å². The molecule has 1 aromatic heterocycles. The van der Waals surface area contributed by atoms with Crippen LogP contribution in [0.3, 0.4) is 0 Å². The fraction of sp³-hybridized carbons (Fsp3) is 0.333. The molecule has 8 nitrogen and oxygen atoms in total. The molecule has 2 amide bonds. The quantitative estimate of drug-likeness (QED) is 0.341. The molecule has 0 bridgehead atoms. The molecule has 2 aliphatic rings. The minimum atomic E-state index is -0.792. The molecule has 0 spiro atoms. The number of likely N-dealkylation sites (tertiary alicyclic amines) is 1. The topological polar surface area (TPSA) is 89.0 Å². The van der Waals surface area contributed by atoms with Crippen LogP contribution in [0.5, 0.6) is 0 Å². The van der Waals surface area contributed by atoms with Gasteiger partial charge in [0.25, 0.3) is 0 Å². The van der Waals surface area contributed by atoms with E-state index in [0.29, 0.717) is 36.8 Å². The van der Waals surface area contributed by atoms with Crippen LogP contribution in [-0.4, -0.2) is 70.3 Å². The molecule has 192 valence electrons. The van der Waals surface area contributed by atoms with E-state index < -0.39 is 18.1 Å². The van der Waals surface area contributed by atoms with Crippen LogP contribution < -0.4 is 0 Å². The molecule has 10 heteroatoms. The summed E-state index contributed by atoms with van der Waals surface area (Å²) in [7, 11) is 0. The fourth-order valence-corrected chi connectivity index (χ4v) is 5.62. The van der Waals surface area contributed by atoms with Gasteiger partial charge in [-0.3, -0.25) is 14.7 Å². The maximum Gasteiger partial charge on any atom is 0.410 e. The number of aromatic nitrogens is 1. The third kappa shape index (κ3) is 5.69. The van der Waals surface area contributed by atoms with Gasteiger partial charge >= 0.3 is 12.1 Å². The van der Waals surface area contributed by atoms with Crippen molar-refractivity contribution in [2.24, 2.45) is 0 Å². The van der Waals surface area contributed by atoms with E-state index in [1.165, 1.54) is 28.8 Å². The number of hydrogen-bond donors (Lipinski definition) is 0. The molecule has 1 unspecified atom stereocenters. The van der Waals surface area contributed by atoms with Crippen molar-refractivity contribution >= 4 is 40.6 Å². The zero-order chi connectivity index (χ0) is 25.8. The van der Waals surface area contributed by atoms with E-state index in [9.17, 15) is 18.8 Å². The first-order valence-corrected chi connectivity index (χ1v) is 13.1. The number of esters is 1. The number of benzene rings is 2. The lowest BCUT2D eigenvalue weighted by Crippen LogP contribution is -2.52. The molecular weight excluding hydrogens is 497 g/mol. The molecule has 0 radical (unpaired) electrons. The highest BCUT2D eigenvalue weighted by Crippen LogP contribution is 2.29. The number of ether oxygens (including phenoxy) is 2. The number of pyridine rings is 1. The molecular formula is C27H26FN3O5S. The normalized spacial score (nSPS) is 18.2. The lowest BCUT2D eigenvalue weighted by molar-refractivity contribution is -0.150. The summed E-state index contributed by atoms with van der Waals surface area (Å²) < 4.78 is 24.3. The van der Waals surface area contributed by atoms with Crippen LogP contribution in [0, 0.1) is 5.82 Å². The van der Waals surface area contributed by atoms with E-state index in [1.54, 1.807) is 23.2 Å². The summed E-state index contributed by atoms with van der Waals surface area (Å²) in [5, 5.41) is 0.678. The van der Waals surface area contributed by atoms with Crippen LogP contribution in [0.15, 0.2) is 65.7 Å². The van der Waals surface area contributed by atoms with Gasteiger partial charge in [-0.25, -0.2) is 14.0 Å². The van der Waals surface area contributed by atoms with E-state index >= 15 is 0 Å². The highest BCUT2D eigenvalue weighted by molar-refractivity contribution is 8.00. The molecule has 1 atom stereocenters. The summed E-state index contributed by atoms with van der Waals surface area (Å²) in [6, 6.07) is 14.5. The number of piperidine rings is 1. The number of hydrogen-bond acceptors (Lipinski definition) is 7. The molecule has 37 heavy (non-hydrogen) atoms. The molecule has 0 aliphatic carbocycles. The minimum absolute atomic E-state index is 0.0346. The second kappa shape index (κ2) is 11.2. The number of fused-ring (bicyclic) bond motifs is 1. The molecule has 0 saturated carbocycles. The number of cyclic esters (lactones) is 1. The third-order valence-electron chi connectivity index (χ3n) is 6.63. The van der Waals surface area contributed by atoms with E-state index in [4.69, 9.17) is 9.47 Å². The average Bonchev–Trinajstić information content (AvgIpc) is 3.32. The maximum atomic E-state index is 13.7. The zero-order valence-electron chi connectivity index (χ0n) is 20.0. The number of halogens is 1. The largest absolute Gasteiger partial charge is 0.459 e. The molecule has 2 fully saturated rings. The number of rotatable bonds is 7. The average molecular weight is 524 g/mol. The molecule has 0 N–H and O–H groups in total. The monoisotopic (exact) mass is 523 g/mol. The SMILES string of the molecule is O=C(OCc1ccccc1)C1COC(=O)N1C1CCN(C(=O)CSc2ccnc3ccc(F)cc23)CC1. The Bertz CT molecular complexity index is 1300. The first-order valence-electron chi connectivity index (χ1n) is 12.1. The lowest BCUT2D eigenvalue weighted by Gasteiger charge is -2.37. The van der Waals surface area contributed by atoms with Gasteiger partial charge in [0, 0.05) is 35.6 Å². The highest BCUT2D eigenvalue weighted by Gasteiger charge is 2.44. The summed E-state index contributed by atoms with van der Waals surface area (Å²) in [6.07, 6.45) is 2.20. The molecule has 2 aliphatic heterocycles. The van der Waals surface area contributed by atoms with Gasteiger partial charge in [-0.1, -0.05) is 30.3 Å². The van der Waals surface area contributed by atoms with Crippen molar-refractivity contribution in [2.45, 2.75) is 36.4 Å². The van der Waals surface area contributed by atoms with Crippen molar-refractivity contribution in [3.05, 3.63) is 72.2 Å². The van der Waals surface area contributed by atoms with Crippen LogP contribution in [0.1, 0.15) is 18.4 Å². The van der Waals surface area contributed by atoms with Crippen LogP contribution in [-0.2, 0) is 25.7 Å². The molecule has 3 heterocycles. The first-order chi connectivity index (χ1) is 18.0. The zero-order valence-corrected chi connectivity index (χ0v) is 20.9. The van der Waals surface area contributed by atoms with Crippen molar-refractivity contribution in [3.8, 4) is 0 Å². The Hall–Kier alpha value is -3.66. The van der Waals surface area contributed by atoms with Gasteiger partial charge in [-0.2, -0.15) is 0 Å². The number of thioether (sulfide) groups is 1. The van der Waals surface area contributed by atoms with Crippen molar-refractivity contribution in [1.29, 1.82) is 0 Å². The van der Waals surface area contributed by atoms with Crippen LogP contribution in [0.4, 0.5) is 9.18 Å². The highest BCUT2D eigenvalue weighted by atomic mass is 32.2. The van der Waals surface area contributed by atoms with Crippen molar-refractivity contribution in [1.82, 2.24) is 14.8 Å². The Kier molecular flexibility index (Phi) is 7.55. The molecule has 2 saturated heterocycles. The Labute approximate surface area is 217 Å². The van der Waals surface area contributed by atoms with Crippen molar-refractivity contribution in [3.63, 3.8) is 0 Å². The van der Waals surface area contributed by atoms with E-state index in [2.05, 4.69) is 4.98 Å². The summed E-state index contributed by atoms with van der Waals surface area (Å²) >= 11 is 1.35. The van der Waals surface area contributed by atoms with Crippen molar-refractivity contribution < 1.29 is 28.2 Å². The van der Waals surface area contributed by atoms with Gasteiger partial charge in [0.15, 0.2) is 6.04 Å². The van der Waals surface area contributed by atoms with Crippen LogP contribution in [0.2, 0.25) is 0 Å². The lowest BCUT2D eigenvalue weighted by atomic mass is 10.0. The molecule has 3 aromatic rings. The standard InChI is InChI=1S/C27H26FN3O5S/c28-19-6-7-22-21(14-19)24(8-11-29-22)37-17-25(32)30-12-9-20(10-13-30)31-23(16-36-27(31)34)26(33)35-15-18-4-2-1-3-5-18/h1-8,11,14,20,23H,9-10,12-13,15-17H2. The van der Waals surface area contributed by atoms with Gasteiger partial charge in [-0.05, 0) is 42.7 Å². The van der Waals surface area contributed by atoms with E-state index in [0.717, 1.165) is 10.5 Å². The molecule has 5 rings (SSSR count). The van der Waals surface area contributed by atoms with E-state index in [1.807, 2.05) is 30.3 Å². The summed E-state index contributed by atoms with van der Waals surface area (Å²) in [5.41, 5.74) is 1.54. The summed E-state index contributed by atoms with van der Waals surface area (Å²) in [6.45, 7) is 1.02. The Balaban J connectivity index is 1.14. The Morgan fingerprint density at radius 3 is 2.68 bits per heavy atom. The minimum Gasteiger partial charge on any atom is -0.459 e. The second-order valence-corrected chi connectivity index (χ2v) is 9.98. The second-order valence-electron chi connectivity index (χ2n) is 8.96. The van der Waals surface area contributed by atoms with Crippen LogP contribution in [0.25, 0.3) is 10.9 Å². The maximum absolute atomic E-state index is 13.7. The predicted molar refractivity (Wildman–Crippen MR) is 135 cm³/mol. The predicted octanol–water partition coefficient (Wildman–Crippen LogP) is 4.02. The number of amides is 2. The Morgan fingerprint density at radius 1 is 1.11 bits per heavy atom. The van der Waals surface area contributed by atoms with Crippen molar-refractivity contribution in [2.75, 3.05) is 25.4 Å². The first kappa shape index (κ1) is 25.0. The van der Waals surface area contributed by atoms with Gasteiger partial charge in [0.2, 0.25) is 5.91 Å². The van der Waals surface area contributed by atoms with Crippen LogP contribution >= 0.6 is 11.8 Å². The van der Waals surface area contributed by atoms with Gasteiger partial charge in [0.1, 0.15) is 19.0 Å². The summed E-state index contributed by atoms with van der Waals surface area (Å²) in [4.78, 5) is 46.4. The molecule has 2 aromatic carbocycles.